The third-order valence-electron chi connectivity index (χ3n) is 4.46. The van der Waals surface area contributed by atoms with Crippen molar-refractivity contribution >= 4 is 16.9 Å². The van der Waals surface area contributed by atoms with E-state index in [0.717, 1.165) is 28.5 Å². The van der Waals surface area contributed by atoms with Gasteiger partial charge in [0, 0.05) is 42.9 Å². The number of carbonyl (C=O) groups excluding carboxylic acids is 1. The molecule has 0 unspecified atom stereocenters. The summed E-state index contributed by atoms with van der Waals surface area (Å²) < 4.78 is 10.6. The number of pyridine rings is 1. The van der Waals surface area contributed by atoms with Crippen molar-refractivity contribution in [2.24, 2.45) is 0 Å². The summed E-state index contributed by atoms with van der Waals surface area (Å²) in [5.74, 6) is 0.600. The van der Waals surface area contributed by atoms with Gasteiger partial charge in [-0.2, -0.15) is 0 Å². The van der Waals surface area contributed by atoms with Crippen LogP contribution in [0.2, 0.25) is 0 Å². The Labute approximate surface area is 157 Å². The lowest BCUT2D eigenvalue weighted by molar-refractivity contribution is -0.121. The molecule has 0 spiro atoms. The molecule has 0 atom stereocenters. The van der Waals surface area contributed by atoms with E-state index < -0.39 is 0 Å². The molecule has 0 radical (unpaired) electrons. The van der Waals surface area contributed by atoms with Crippen LogP contribution in [0.25, 0.3) is 11.0 Å². The number of fused-ring (bicyclic) bond motifs is 1. The Morgan fingerprint density at radius 3 is 2.70 bits per heavy atom. The first-order valence-electron chi connectivity index (χ1n) is 8.84. The minimum Gasteiger partial charge on any atom is -0.496 e. The van der Waals surface area contributed by atoms with E-state index in [2.05, 4.69) is 10.3 Å². The lowest BCUT2D eigenvalue weighted by Crippen LogP contribution is -2.25. The summed E-state index contributed by atoms with van der Waals surface area (Å²) >= 11 is 0. The maximum atomic E-state index is 12.2. The van der Waals surface area contributed by atoms with Crippen LogP contribution in [0.4, 0.5) is 0 Å². The minimum absolute atomic E-state index is 0.0116. The Bertz CT molecular complexity index is 996. The lowest BCUT2D eigenvalue weighted by Gasteiger charge is -2.11. The van der Waals surface area contributed by atoms with Crippen molar-refractivity contribution < 1.29 is 13.9 Å². The van der Waals surface area contributed by atoms with Crippen LogP contribution in [0.3, 0.4) is 0 Å². The average molecular weight is 366 g/mol. The van der Waals surface area contributed by atoms with Gasteiger partial charge in [0.15, 0.2) is 0 Å². The first-order chi connectivity index (χ1) is 13.1. The number of rotatable bonds is 7. The van der Waals surface area contributed by atoms with Gasteiger partial charge in [0.2, 0.25) is 5.91 Å². The minimum atomic E-state index is -0.386. The van der Waals surface area contributed by atoms with Crippen LogP contribution in [-0.4, -0.2) is 24.5 Å². The fourth-order valence-corrected chi connectivity index (χ4v) is 3.01. The number of hydrogen-bond donors (Lipinski definition) is 1. The van der Waals surface area contributed by atoms with E-state index in [4.69, 9.17) is 9.15 Å². The number of carbonyl (C=O) groups is 1. The Balaban J connectivity index is 1.63. The maximum absolute atomic E-state index is 12.2. The molecule has 0 fully saturated rings. The van der Waals surface area contributed by atoms with Gasteiger partial charge in [-0.05, 0) is 54.7 Å². The van der Waals surface area contributed by atoms with E-state index in [-0.39, 0.29) is 11.5 Å². The fourth-order valence-electron chi connectivity index (χ4n) is 3.01. The molecule has 2 heterocycles. The number of nitrogens with zero attached hydrogens (tertiary/aromatic N) is 1. The zero-order valence-electron chi connectivity index (χ0n) is 15.5. The van der Waals surface area contributed by atoms with E-state index in [9.17, 15) is 9.59 Å². The second-order valence-corrected chi connectivity index (χ2v) is 6.36. The van der Waals surface area contributed by atoms with Crippen molar-refractivity contribution in [3.05, 3.63) is 69.8 Å². The molecular weight excluding hydrogens is 344 g/mol. The highest BCUT2D eigenvalue weighted by atomic mass is 16.5. The Kier molecular flexibility index (Phi) is 5.86. The summed E-state index contributed by atoms with van der Waals surface area (Å²) in [6.07, 6.45) is 5.15. The molecule has 1 N–H and O–H groups in total. The van der Waals surface area contributed by atoms with E-state index >= 15 is 0 Å². The topological polar surface area (TPSA) is 81.4 Å². The Morgan fingerprint density at radius 2 is 1.96 bits per heavy atom. The SMILES string of the molecule is COc1cc2oc(=O)cc(C)c2cc1CCC(=O)NCCc1ccncc1. The predicted molar refractivity (Wildman–Crippen MR) is 103 cm³/mol. The molecule has 27 heavy (non-hydrogen) atoms. The van der Waals surface area contributed by atoms with Crippen molar-refractivity contribution in [2.75, 3.05) is 13.7 Å². The van der Waals surface area contributed by atoms with Gasteiger partial charge in [0.25, 0.3) is 0 Å². The molecule has 6 nitrogen and oxygen atoms in total. The van der Waals surface area contributed by atoms with Crippen molar-refractivity contribution in [2.45, 2.75) is 26.2 Å². The molecule has 0 aliphatic heterocycles. The van der Waals surface area contributed by atoms with Crippen molar-refractivity contribution in [3.63, 3.8) is 0 Å². The second kappa shape index (κ2) is 8.49. The van der Waals surface area contributed by atoms with Gasteiger partial charge in [-0.3, -0.25) is 9.78 Å². The fraction of sp³-hybridized carbons (Fsp3) is 0.286. The van der Waals surface area contributed by atoms with Crippen LogP contribution in [0.15, 0.2) is 51.9 Å². The van der Waals surface area contributed by atoms with Gasteiger partial charge < -0.3 is 14.5 Å². The highest BCUT2D eigenvalue weighted by Gasteiger charge is 2.11. The molecule has 1 amide bonds. The quantitative estimate of drug-likeness (QED) is 0.650. The number of benzene rings is 1. The summed E-state index contributed by atoms with van der Waals surface area (Å²) in [6.45, 7) is 2.45. The van der Waals surface area contributed by atoms with Gasteiger partial charge in [0.05, 0.1) is 7.11 Å². The van der Waals surface area contributed by atoms with Crippen LogP contribution in [0, 0.1) is 6.92 Å². The summed E-state index contributed by atoms with van der Waals surface area (Å²) in [5, 5.41) is 3.79. The highest BCUT2D eigenvalue weighted by Crippen LogP contribution is 2.28. The monoisotopic (exact) mass is 366 g/mol. The summed E-state index contributed by atoms with van der Waals surface area (Å²) in [6, 6.07) is 8.97. The normalized spacial score (nSPS) is 10.7. The third kappa shape index (κ3) is 4.73. The number of aryl methyl sites for hydroxylation is 2. The van der Waals surface area contributed by atoms with E-state index in [0.29, 0.717) is 30.7 Å². The number of nitrogens with one attached hydrogen (secondary N) is 1. The van der Waals surface area contributed by atoms with Crippen LogP contribution in [-0.2, 0) is 17.6 Å². The van der Waals surface area contributed by atoms with Gasteiger partial charge in [-0.15, -0.1) is 0 Å². The zero-order chi connectivity index (χ0) is 19.2. The summed E-state index contributed by atoms with van der Waals surface area (Å²) in [5.41, 5.74) is 2.99. The standard InChI is InChI=1S/C21H22N2O4/c1-14-11-21(25)27-19-13-18(26-2)16(12-17(14)19)3-4-20(24)23-10-7-15-5-8-22-9-6-15/h5-6,8-9,11-13H,3-4,7,10H2,1-2H3,(H,23,24). The number of hydrogen-bond acceptors (Lipinski definition) is 5. The summed E-state index contributed by atoms with van der Waals surface area (Å²) in [4.78, 5) is 27.7. The number of aromatic nitrogens is 1. The number of methoxy groups -OCH3 is 1. The molecule has 140 valence electrons. The third-order valence-corrected chi connectivity index (χ3v) is 4.46. The van der Waals surface area contributed by atoms with Crippen LogP contribution in [0.5, 0.6) is 5.75 Å². The van der Waals surface area contributed by atoms with E-state index in [1.54, 1.807) is 25.6 Å². The van der Waals surface area contributed by atoms with Crippen molar-refractivity contribution in [3.8, 4) is 5.75 Å². The lowest BCUT2D eigenvalue weighted by atomic mass is 10.0. The Morgan fingerprint density at radius 1 is 1.19 bits per heavy atom. The molecule has 1 aromatic carbocycles. The number of ether oxygens (including phenoxy) is 1. The molecule has 6 heteroatoms. The van der Waals surface area contributed by atoms with Crippen molar-refractivity contribution in [1.82, 2.24) is 10.3 Å². The largest absolute Gasteiger partial charge is 0.496 e. The highest BCUT2D eigenvalue weighted by molar-refractivity contribution is 5.83. The molecule has 2 aromatic heterocycles. The van der Waals surface area contributed by atoms with E-state index in [1.807, 2.05) is 25.1 Å². The Hall–Kier alpha value is -3.15. The smallest absolute Gasteiger partial charge is 0.336 e. The molecule has 3 rings (SSSR count). The average Bonchev–Trinajstić information content (AvgIpc) is 2.66. The molecule has 0 saturated heterocycles. The van der Waals surface area contributed by atoms with Gasteiger partial charge in [0.1, 0.15) is 11.3 Å². The van der Waals surface area contributed by atoms with Gasteiger partial charge >= 0.3 is 5.63 Å². The molecule has 0 aliphatic rings. The molecule has 0 aliphatic carbocycles. The predicted octanol–water partition coefficient (Wildman–Crippen LogP) is 2.80. The molecule has 0 saturated carbocycles. The molecular formula is C21H22N2O4. The maximum Gasteiger partial charge on any atom is 0.336 e. The van der Waals surface area contributed by atoms with Crippen LogP contribution >= 0.6 is 0 Å². The van der Waals surface area contributed by atoms with Gasteiger partial charge in [-0.1, -0.05) is 0 Å². The second-order valence-electron chi connectivity index (χ2n) is 6.36. The first kappa shape index (κ1) is 18.6. The number of amides is 1. The zero-order valence-corrected chi connectivity index (χ0v) is 15.5. The summed E-state index contributed by atoms with van der Waals surface area (Å²) in [7, 11) is 1.56. The molecule has 3 aromatic rings. The van der Waals surface area contributed by atoms with Gasteiger partial charge in [-0.25, -0.2) is 4.79 Å². The van der Waals surface area contributed by atoms with Crippen LogP contribution in [0.1, 0.15) is 23.1 Å². The van der Waals surface area contributed by atoms with Crippen LogP contribution < -0.4 is 15.7 Å². The van der Waals surface area contributed by atoms with E-state index in [1.165, 1.54) is 6.07 Å². The molecule has 0 bridgehead atoms. The van der Waals surface area contributed by atoms with Crippen molar-refractivity contribution in [1.29, 1.82) is 0 Å². The first-order valence-corrected chi connectivity index (χ1v) is 8.84.